The van der Waals surface area contributed by atoms with E-state index in [4.69, 9.17) is 0 Å². The minimum Gasteiger partial charge on any atom is -0.355 e. The van der Waals surface area contributed by atoms with Crippen LogP contribution in [0, 0.1) is 0 Å². The van der Waals surface area contributed by atoms with Crippen molar-refractivity contribution in [1.29, 1.82) is 0 Å². The summed E-state index contributed by atoms with van der Waals surface area (Å²) < 4.78 is 0. The largest absolute Gasteiger partial charge is 0.355 e. The van der Waals surface area contributed by atoms with Gasteiger partial charge in [0.15, 0.2) is 0 Å². The van der Waals surface area contributed by atoms with Crippen molar-refractivity contribution in [2.75, 3.05) is 76.9 Å². The predicted octanol–water partition coefficient (Wildman–Crippen LogP) is 0.459. The average Bonchev–Trinajstić information content (AvgIpc) is 2.67. The quantitative estimate of drug-likeness (QED) is 0.627. The third-order valence-corrected chi connectivity index (χ3v) is 4.90. The highest BCUT2D eigenvalue weighted by molar-refractivity contribution is 5.85. The minimum absolute atomic E-state index is 0. The number of rotatable bonds is 7. The monoisotopic (exact) mass is 418 g/mol. The van der Waals surface area contributed by atoms with Gasteiger partial charge in [-0.2, -0.15) is 0 Å². The zero-order valence-corrected chi connectivity index (χ0v) is 17.4. The Balaban J connectivity index is 0.00000182. The molecule has 1 amide bonds. The molecule has 3 heterocycles. The molecule has 0 aliphatic carbocycles. The van der Waals surface area contributed by atoms with Gasteiger partial charge in [0.1, 0.15) is 5.82 Å². The molecule has 1 aromatic rings. The Kier molecular flexibility index (Phi) is 11.6. The highest BCUT2D eigenvalue weighted by Crippen LogP contribution is 2.12. The average molecular weight is 419 g/mol. The summed E-state index contributed by atoms with van der Waals surface area (Å²) in [6, 6.07) is 6.00. The summed E-state index contributed by atoms with van der Waals surface area (Å²) in [5.41, 5.74) is 0. The lowest BCUT2D eigenvalue weighted by Crippen LogP contribution is -2.50. The van der Waals surface area contributed by atoms with E-state index in [1.807, 2.05) is 24.4 Å². The molecule has 3 rings (SSSR count). The van der Waals surface area contributed by atoms with E-state index in [1.165, 1.54) is 0 Å². The molecule has 0 aromatic carbocycles. The van der Waals surface area contributed by atoms with Gasteiger partial charge in [-0.25, -0.2) is 4.98 Å². The van der Waals surface area contributed by atoms with Gasteiger partial charge in [-0.1, -0.05) is 6.07 Å². The standard InChI is InChI=1S/C18H30N6O.2ClH/c25-18(21-6-3-9-22-10-7-19-8-11-22)16-23-12-14-24(15-13-23)17-4-1-2-5-20-17;;/h1-2,4-5,19H,3,6-16H2,(H,21,25);2*1H. The summed E-state index contributed by atoms with van der Waals surface area (Å²) in [4.78, 5) is 23.5. The van der Waals surface area contributed by atoms with E-state index < -0.39 is 0 Å². The zero-order chi connectivity index (χ0) is 17.3. The highest BCUT2D eigenvalue weighted by Gasteiger charge is 2.19. The number of anilines is 1. The molecular formula is C18H32Cl2N6O. The van der Waals surface area contributed by atoms with Crippen molar-refractivity contribution in [2.24, 2.45) is 0 Å². The third-order valence-electron chi connectivity index (χ3n) is 4.90. The summed E-state index contributed by atoms with van der Waals surface area (Å²) in [6.45, 7) is 10.4. The molecule has 0 bridgehead atoms. The number of pyridine rings is 1. The number of nitrogens with zero attached hydrogens (tertiary/aromatic N) is 4. The van der Waals surface area contributed by atoms with E-state index in [9.17, 15) is 4.79 Å². The van der Waals surface area contributed by atoms with Crippen LogP contribution in [0.1, 0.15) is 6.42 Å². The molecule has 0 radical (unpaired) electrons. The van der Waals surface area contributed by atoms with Gasteiger partial charge in [0.05, 0.1) is 6.54 Å². The van der Waals surface area contributed by atoms with E-state index >= 15 is 0 Å². The molecule has 2 aliphatic heterocycles. The fourth-order valence-corrected chi connectivity index (χ4v) is 3.40. The summed E-state index contributed by atoms with van der Waals surface area (Å²) in [7, 11) is 0. The van der Waals surface area contributed by atoms with Crippen molar-refractivity contribution in [2.45, 2.75) is 6.42 Å². The van der Waals surface area contributed by atoms with E-state index in [0.29, 0.717) is 6.54 Å². The van der Waals surface area contributed by atoms with Gasteiger partial charge in [0, 0.05) is 65.1 Å². The van der Waals surface area contributed by atoms with Crippen LogP contribution in [0.25, 0.3) is 0 Å². The summed E-state index contributed by atoms with van der Waals surface area (Å²) in [6.07, 6.45) is 2.86. The number of hydrogen-bond donors (Lipinski definition) is 2. The molecule has 0 spiro atoms. The van der Waals surface area contributed by atoms with E-state index in [1.54, 1.807) is 0 Å². The molecule has 7 nitrogen and oxygen atoms in total. The number of amides is 1. The molecule has 2 fully saturated rings. The van der Waals surface area contributed by atoms with Gasteiger partial charge in [0.2, 0.25) is 5.91 Å². The SMILES string of the molecule is Cl.Cl.O=C(CN1CCN(c2ccccn2)CC1)NCCCN1CCNCC1. The molecule has 27 heavy (non-hydrogen) atoms. The molecule has 1 aromatic heterocycles. The van der Waals surface area contributed by atoms with E-state index in [2.05, 4.69) is 30.3 Å². The Morgan fingerprint density at radius 1 is 1.04 bits per heavy atom. The number of hydrogen-bond acceptors (Lipinski definition) is 6. The van der Waals surface area contributed by atoms with Crippen molar-refractivity contribution in [1.82, 2.24) is 25.4 Å². The second-order valence-corrected chi connectivity index (χ2v) is 6.75. The molecule has 0 saturated carbocycles. The predicted molar refractivity (Wildman–Crippen MR) is 114 cm³/mol. The van der Waals surface area contributed by atoms with Crippen molar-refractivity contribution in [3.8, 4) is 0 Å². The van der Waals surface area contributed by atoms with E-state index in [0.717, 1.165) is 77.7 Å². The fourth-order valence-electron chi connectivity index (χ4n) is 3.40. The van der Waals surface area contributed by atoms with Crippen molar-refractivity contribution in [3.05, 3.63) is 24.4 Å². The van der Waals surface area contributed by atoms with Gasteiger partial charge in [0.25, 0.3) is 0 Å². The first-order valence-electron chi connectivity index (χ1n) is 9.39. The maximum absolute atomic E-state index is 12.1. The number of carbonyl (C=O) groups is 1. The van der Waals surface area contributed by atoms with Crippen LogP contribution in [0.2, 0.25) is 0 Å². The summed E-state index contributed by atoms with van der Waals surface area (Å²) in [5, 5.41) is 6.42. The normalized spacial score (nSPS) is 18.3. The van der Waals surface area contributed by atoms with Crippen LogP contribution in [0.3, 0.4) is 0 Å². The van der Waals surface area contributed by atoms with E-state index in [-0.39, 0.29) is 30.7 Å². The highest BCUT2D eigenvalue weighted by atomic mass is 35.5. The Morgan fingerprint density at radius 3 is 2.44 bits per heavy atom. The fraction of sp³-hybridized carbons (Fsp3) is 0.667. The molecule has 0 unspecified atom stereocenters. The van der Waals surface area contributed by atoms with Crippen molar-refractivity contribution < 1.29 is 4.79 Å². The molecular weight excluding hydrogens is 387 g/mol. The number of halogens is 2. The van der Waals surface area contributed by atoms with Gasteiger partial charge in [-0.05, 0) is 25.1 Å². The number of nitrogens with one attached hydrogen (secondary N) is 2. The first-order chi connectivity index (χ1) is 12.3. The van der Waals surface area contributed by atoms with Crippen LogP contribution in [0.4, 0.5) is 5.82 Å². The van der Waals surface area contributed by atoms with Crippen LogP contribution < -0.4 is 15.5 Å². The number of carbonyl (C=O) groups excluding carboxylic acids is 1. The first-order valence-corrected chi connectivity index (χ1v) is 9.39. The molecule has 2 saturated heterocycles. The minimum atomic E-state index is 0. The van der Waals surface area contributed by atoms with Crippen LogP contribution in [0.5, 0.6) is 0 Å². The summed E-state index contributed by atoms with van der Waals surface area (Å²) >= 11 is 0. The molecule has 154 valence electrons. The van der Waals surface area contributed by atoms with Gasteiger partial charge < -0.3 is 20.4 Å². The Bertz CT molecular complexity index is 522. The second-order valence-electron chi connectivity index (χ2n) is 6.75. The topological polar surface area (TPSA) is 63.7 Å². The molecule has 9 heteroatoms. The van der Waals surface area contributed by atoms with Gasteiger partial charge in [-0.3, -0.25) is 9.69 Å². The zero-order valence-electron chi connectivity index (χ0n) is 15.8. The van der Waals surface area contributed by atoms with Crippen molar-refractivity contribution in [3.63, 3.8) is 0 Å². The Labute approximate surface area is 174 Å². The van der Waals surface area contributed by atoms with Gasteiger partial charge >= 0.3 is 0 Å². The Hall–Kier alpha value is -1.12. The smallest absolute Gasteiger partial charge is 0.234 e. The van der Waals surface area contributed by atoms with Crippen LogP contribution in [-0.4, -0.2) is 92.7 Å². The molecule has 2 aliphatic rings. The molecule has 0 atom stereocenters. The number of aromatic nitrogens is 1. The van der Waals surface area contributed by atoms with Crippen molar-refractivity contribution >= 4 is 36.5 Å². The maximum atomic E-state index is 12.1. The number of piperazine rings is 2. The molecule has 2 N–H and O–H groups in total. The van der Waals surface area contributed by atoms with Crippen LogP contribution in [-0.2, 0) is 4.79 Å². The van der Waals surface area contributed by atoms with Crippen LogP contribution in [0.15, 0.2) is 24.4 Å². The first kappa shape index (κ1) is 23.9. The maximum Gasteiger partial charge on any atom is 0.234 e. The van der Waals surface area contributed by atoms with Gasteiger partial charge in [-0.15, -0.1) is 24.8 Å². The second kappa shape index (κ2) is 13.1. The lowest BCUT2D eigenvalue weighted by molar-refractivity contribution is -0.122. The third kappa shape index (κ3) is 8.19. The Morgan fingerprint density at radius 2 is 1.78 bits per heavy atom. The lowest BCUT2D eigenvalue weighted by Gasteiger charge is -2.35. The lowest BCUT2D eigenvalue weighted by atomic mass is 10.3. The summed E-state index contributed by atoms with van der Waals surface area (Å²) in [5.74, 6) is 1.17. The van der Waals surface area contributed by atoms with Crippen LogP contribution >= 0.6 is 24.8 Å².